The molecule has 0 saturated carbocycles. The number of methoxy groups -OCH3 is 1. The van der Waals surface area contributed by atoms with Crippen molar-refractivity contribution in [2.45, 2.75) is 25.0 Å². The summed E-state index contributed by atoms with van der Waals surface area (Å²) in [6.45, 7) is 0.695. The predicted molar refractivity (Wildman–Crippen MR) is 130 cm³/mol. The van der Waals surface area contributed by atoms with Gasteiger partial charge < -0.3 is 24.0 Å². The molecule has 8 heteroatoms. The molecule has 0 bridgehead atoms. The van der Waals surface area contributed by atoms with Crippen molar-refractivity contribution in [3.8, 4) is 11.5 Å². The average molecular weight is 476 g/mol. The molecule has 1 amide bonds. The van der Waals surface area contributed by atoms with Crippen molar-refractivity contribution in [1.82, 2.24) is 9.55 Å². The lowest BCUT2D eigenvalue weighted by Crippen LogP contribution is -2.26. The van der Waals surface area contributed by atoms with Gasteiger partial charge in [0.25, 0.3) is 0 Å². The summed E-state index contributed by atoms with van der Waals surface area (Å²) in [5.41, 5.74) is 2.19. The highest BCUT2D eigenvalue weighted by Crippen LogP contribution is 2.33. The minimum atomic E-state index is -0.826. The lowest BCUT2D eigenvalue weighted by molar-refractivity contribution is -0.117. The number of imidazole rings is 1. The van der Waals surface area contributed by atoms with Crippen LogP contribution in [-0.2, 0) is 11.3 Å². The number of hydrogen-bond donors (Lipinski definition) is 1. The van der Waals surface area contributed by atoms with Gasteiger partial charge in [-0.25, -0.2) is 9.37 Å². The van der Waals surface area contributed by atoms with E-state index in [1.54, 1.807) is 36.3 Å². The fourth-order valence-corrected chi connectivity index (χ4v) is 4.56. The van der Waals surface area contributed by atoms with E-state index in [0.717, 1.165) is 16.9 Å². The summed E-state index contributed by atoms with van der Waals surface area (Å²) in [5, 5.41) is 10.9. The largest absolute Gasteiger partial charge is 0.493 e. The first-order valence-corrected chi connectivity index (χ1v) is 11.5. The quantitative estimate of drug-likeness (QED) is 0.415. The monoisotopic (exact) mass is 475 g/mol. The molecule has 4 aromatic rings. The summed E-state index contributed by atoms with van der Waals surface area (Å²) in [7, 11) is 1.57. The Hall–Kier alpha value is -3.91. The smallest absolute Gasteiger partial charge is 0.227 e. The number of ether oxygens (including phenoxy) is 2. The summed E-state index contributed by atoms with van der Waals surface area (Å²) in [6.07, 6.45) is -0.569. The fourth-order valence-electron chi connectivity index (χ4n) is 4.56. The molecule has 1 aliphatic rings. The first-order chi connectivity index (χ1) is 17.0. The molecular weight excluding hydrogens is 449 g/mol. The van der Waals surface area contributed by atoms with E-state index in [9.17, 15) is 14.3 Å². The number of nitrogens with zero attached hydrogens (tertiary/aromatic N) is 3. The van der Waals surface area contributed by atoms with Crippen LogP contribution in [0.25, 0.3) is 11.0 Å². The molecule has 1 aromatic heterocycles. The number of aromatic nitrogens is 2. The van der Waals surface area contributed by atoms with Gasteiger partial charge in [0.1, 0.15) is 24.4 Å². The summed E-state index contributed by atoms with van der Waals surface area (Å²) in [6, 6.07) is 21.0. The Balaban J connectivity index is 1.38. The van der Waals surface area contributed by atoms with E-state index in [0.29, 0.717) is 23.7 Å². The minimum absolute atomic E-state index is 0.0608. The van der Waals surface area contributed by atoms with Crippen molar-refractivity contribution in [1.29, 1.82) is 0 Å². The zero-order valence-corrected chi connectivity index (χ0v) is 19.3. The molecule has 2 heterocycles. The Bertz CT molecular complexity index is 1360. The number of amides is 1. The van der Waals surface area contributed by atoms with Gasteiger partial charge in [-0.3, -0.25) is 4.79 Å². The molecule has 5 rings (SSSR count). The number of anilines is 1. The summed E-state index contributed by atoms with van der Waals surface area (Å²) >= 11 is 0. The first kappa shape index (κ1) is 22.9. The Morgan fingerprint density at radius 3 is 2.66 bits per heavy atom. The van der Waals surface area contributed by atoms with Gasteiger partial charge in [0.05, 0.1) is 24.7 Å². The van der Waals surface area contributed by atoms with Crippen molar-refractivity contribution in [3.63, 3.8) is 0 Å². The molecule has 2 atom stereocenters. The van der Waals surface area contributed by atoms with Crippen LogP contribution in [0.3, 0.4) is 0 Å². The van der Waals surface area contributed by atoms with Crippen LogP contribution in [-0.4, -0.2) is 46.9 Å². The van der Waals surface area contributed by atoms with Crippen molar-refractivity contribution < 1.29 is 23.8 Å². The summed E-state index contributed by atoms with van der Waals surface area (Å²) in [4.78, 5) is 19.2. The maximum Gasteiger partial charge on any atom is 0.227 e. The highest BCUT2D eigenvalue weighted by molar-refractivity contribution is 5.96. The molecule has 180 valence electrons. The van der Waals surface area contributed by atoms with Crippen molar-refractivity contribution in [2.75, 3.05) is 25.2 Å². The van der Waals surface area contributed by atoms with Crippen molar-refractivity contribution in [3.05, 3.63) is 84.4 Å². The SMILES string of the molecule is COc1ccccc1OC[C@@H](O)Cn1c([C@H]2CC(=O)N(c3cccc(F)c3)C2)nc2ccccc21. The molecule has 1 saturated heterocycles. The third kappa shape index (κ3) is 4.70. The van der Waals surface area contributed by atoms with Gasteiger partial charge in [-0.05, 0) is 42.5 Å². The maximum absolute atomic E-state index is 13.8. The van der Waals surface area contributed by atoms with Crippen LogP contribution in [0.5, 0.6) is 11.5 Å². The normalized spacial score (nSPS) is 16.6. The van der Waals surface area contributed by atoms with Crippen molar-refractivity contribution >= 4 is 22.6 Å². The number of fused-ring (bicyclic) bond motifs is 1. The number of aliphatic hydroxyl groups is 1. The zero-order chi connectivity index (χ0) is 24.4. The summed E-state index contributed by atoms with van der Waals surface area (Å²) < 4.78 is 26.8. The molecule has 35 heavy (non-hydrogen) atoms. The van der Waals surface area contributed by atoms with Crippen LogP contribution < -0.4 is 14.4 Å². The van der Waals surface area contributed by atoms with Gasteiger partial charge in [-0.2, -0.15) is 0 Å². The second kappa shape index (κ2) is 9.76. The van der Waals surface area contributed by atoms with E-state index < -0.39 is 6.10 Å². The highest BCUT2D eigenvalue weighted by atomic mass is 19.1. The first-order valence-electron chi connectivity index (χ1n) is 11.5. The maximum atomic E-state index is 13.8. The topological polar surface area (TPSA) is 76.8 Å². The molecule has 7 nitrogen and oxygen atoms in total. The Labute approximate surface area is 202 Å². The number of carbonyl (C=O) groups is 1. The number of rotatable bonds is 8. The Morgan fingerprint density at radius 2 is 1.86 bits per heavy atom. The van der Waals surface area contributed by atoms with E-state index >= 15 is 0 Å². The van der Waals surface area contributed by atoms with Gasteiger partial charge in [0.2, 0.25) is 5.91 Å². The van der Waals surface area contributed by atoms with Gasteiger partial charge >= 0.3 is 0 Å². The molecule has 0 radical (unpaired) electrons. The predicted octanol–water partition coefficient (Wildman–Crippen LogP) is 4.14. The summed E-state index contributed by atoms with van der Waals surface area (Å²) in [5.74, 6) is 1.20. The number of hydrogen-bond acceptors (Lipinski definition) is 5. The lowest BCUT2D eigenvalue weighted by atomic mass is 10.1. The van der Waals surface area contributed by atoms with Crippen LogP contribution in [0.2, 0.25) is 0 Å². The van der Waals surface area contributed by atoms with Crippen LogP contribution in [0.1, 0.15) is 18.2 Å². The van der Waals surface area contributed by atoms with Gasteiger partial charge in [-0.1, -0.05) is 30.3 Å². The molecular formula is C27H26FN3O4. The molecule has 0 aliphatic carbocycles. The number of benzene rings is 3. The van der Waals surface area contributed by atoms with Crippen LogP contribution in [0.15, 0.2) is 72.8 Å². The second-order valence-corrected chi connectivity index (χ2v) is 8.57. The molecule has 1 N–H and O–H groups in total. The lowest BCUT2D eigenvalue weighted by Gasteiger charge is -2.19. The minimum Gasteiger partial charge on any atom is -0.493 e. The second-order valence-electron chi connectivity index (χ2n) is 8.57. The van der Waals surface area contributed by atoms with E-state index in [2.05, 4.69) is 0 Å². The van der Waals surface area contributed by atoms with Crippen molar-refractivity contribution in [2.24, 2.45) is 0 Å². The molecule has 3 aromatic carbocycles. The van der Waals surface area contributed by atoms with Crippen LogP contribution >= 0.6 is 0 Å². The molecule has 0 spiro atoms. The van der Waals surface area contributed by atoms with Crippen LogP contribution in [0, 0.1) is 5.82 Å². The fraction of sp³-hybridized carbons (Fsp3) is 0.259. The zero-order valence-electron chi connectivity index (χ0n) is 19.3. The van der Waals surface area contributed by atoms with Gasteiger partial charge in [-0.15, -0.1) is 0 Å². The highest BCUT2D eigenvalue weighted by Gasteiger charge is 2.35. The third-order valence-corrected chi connectivity index (χ3v) is 6.19. The molecule has 1 fully saturated rings. The molecule has 1 aliphatic heterocycles. The number of aliphatic hydroxyl groups excluding tert-OH is 1. The molecule has 0 unspecified atom stereocenters. The number of para-hydroxylation sites is 4. The van der Waals surface area contributed by atoms with E-state index in [1.165, 1.54) is 12.1 Å². The van der Waals surface area contributed by atoms with Gasteiger partial charge in [0.15, 0.2) is 11.5 Å². The Morgan fingerprint density at radius 1 is 1.09 bits per heavy atom. The third-order valence-electron chi connectivity index (χ3n) is 6.19. The van der Waals surface area contributed by atoms with E-state index in [-0.39, 0.29) is 37.2 Å². The Kier molecular flexibility index (Phi) is 6.37. The standard InChI is InChI=1S/C27H26FN3O4/c1-34-24-11-4-5-12-25(24)35-17-21(32)16-31-23-10-3-2-9-22(23)29-27(31)18-13-26(33)30(15-18)20-8-6-7-19(28)14-20/h2-12,14,18,21,32H,13,15-17H2,1H3/t18-,21-/m0/s1. The average Bonchev–Trinajstić information content (AvgIpc) is 3.43. The van der Waals surface area contributed by atoms with E-state index in [4.69, 9.17) is 14.5 Å². The van der Waals surface area contributed by atoms with Crippen LogP contribution in [0.4, 0.5) is 10.1 Å². The van der Waals surface area contributed by atoms with Gasteiger partial charge in [0, 0.05) is 24.6 Å². The number of carbonyl (C=O) groups excluding carboxylic acids is 1. The van der Waals surface area contributed by atoms with E-state index in [1.807, 2.05) is 41.0 Å². The number of halogens is 1.